The van der Waals surface area contributed by atoms with E-state index in [4.69, 9.17) is 5.11 Å². The number of hydrogen-bond donors (Lipinski definition) is 2. The molecule has 2 rings (SSSR count). The van der Waals surface area contributed by atoms with Gasteiger partial charge in [-0.05, 0) is 18.9 Å². The first kappa shape index (κ1) is 14.9. The molecule has 0 saturated carbocycles. The average molecular weight is 292 g/mol. The normalized spacial score (nSPS) is 15.2. The largest absolute Gasteiger partial charge is 0.384 e. The number of carbonyl (C=O) groups is 1. The van der Waals surface area contributed by atoms with Crippen LogP contribution in [0.1, 0.15) is 36.1 Å². The van der Waals surface area contributed by atoms with Gasteiger partial charge in [0.05, 0.1) is 6.54 Å². The van der Waals surface area contributed by atoms with Crippen LogP contribution in [-0.4, -0.2) is 35.7 Å². The van der Waals surface area contributed by atoms with Gasteiger partial charge in [0.25, 0.3) is 0 Å². The number of nitrogens with one attached hydrogen (secondary N) is 1. The van der Waals surface area contributed by atoms with E-state index in [9.17, 15) is 4.79 Å². The number of nitrogens with zero attached hydrogens (tertiary/aromatic N) is 1. The lowest BCUT2D eigenvalue weighted by atomic mass is 10.2. The highest BCUT2D eigenvalue weighted by Gasteiger charge is 2.14. The molecule has 2 N–H and O–H groups in total. The molecule has 0 radical (unpaired) electrons. The zero-order chi connectivity index (χ0) is 14.2. The zero-order valence-electron chi connectivity index (χ0n) is 11.5. The van der Waals surface area contributed by atoms with Gasteiger partial charge < -0.3 is 15.3 Å². The van der Waals surface area contributed by atoms with Crippen LogP contribution in [-0.2, 0) is 6.54 Å². The summed E-state index contributed by atoms with van der Waals surface area (Å²) >= 11 is 1.58. The zero-order valence-corrected chi connectivity index (χ0v) is 12.3. The Labute approximate surface area is 123 Å². The van der Waals surface area contributed by atoms with Crippen LogP contribution in [0, 0.1) is 11.8 Å². The monoisotopic (exact) mass is 292 g/mol. The molecule has 1 fully saturated rings. The van der Waals surface area contributed by atoms with Gasteiger partial charge in [0.15, 0.2) is 0 Å². The lowest BCUT2D eigenvalue weighted by molar-refractivity contribution is 0.199. The molecule has 0 aliphatic carbocycles. The number of urea groups is 1. The second kappa shape index (κ2) is 7.93. The van der Waals surface area contributed by atoms with E-state index in [0.717, 1.165) is 36.4 Å². The second-order valence-corrected chi connectivity index (χ2v) is 5.82. The van der Waals surface area contributed by atoms with Crippen LogP contribution in [0.15, 0.2) is 11.4 Å². The van der Waals surface area contributed by atoms with Crippen LogP contribution in [0.4, 0.5) is 4.79 Å². The van der Waals surface area contributed by atoms with E-state index >= 15 is 0 Å². The third kappa shape index (κ3) is 4.55. The number of carbonyl (C=O) groups excluding carboxylic acids is 1. The number of rotatable bonds is 2. The molecular weight excluding hydrogens is 272 g/mol. The molecule has 5 heteroatoms. The number of likely N-dealkylation sites (tertiary alicyclic amines) is 1. The lowest BCUT2D eigenvalue weighted by Gasteiger charge is -2.20. The molecule has 0 atom stereocenters. The summed E-state index contributed by atoms with van der Waals surface area (Å²) < 4.78 is 0. The number of thiophene rings is 1. The molecule has 108 valence electrons. The summed E-state index contributed by atoms with van der Waals surface area (Å²) in [6.45, 7) is 2.14. The number of aliphatic hydroxyl groups is 1. The summed E-state index contributed by atoms with van der Waals surface area (Å²) in [7, 11) is 0. The predicted molar refractivity (Wildman–Crippen MR) is 80.6 cm³/mol. The van der Waals surface area contributed by atoms with Gasteiger partial charge in [-0.3, -0.25) is 0 Å². The summed E-state index contributed by atoms with van der Waals surface area (Å²) in [5.41, 5.74) is 0.892. The first-order valence-electron chi connectivity index (χ1n) is 6.99. The van der Waals surface area contributed by atoms with E-state index in [1.165, 1.54) is 12.8 Å². The quantitative estimate of drug-likeness (QED) is 0.821. The fourth-order valence-corrected chi connectivity index (χ4v) is 2.98. The average Bonchev–Trinajstić information content (AvgIpc) is 2.73. The number of aliphatic hydroxyl groups excluding tert-OH is 1. The molecule has 2 amide bonds. The van der Waals surface area contributed by atoms with Gasteiger partial charge in [0.2, 0.25) is 0 Å². The van der Waals surface area contributed by atoms with Gasteiger partial charge >= 0.3 is 6.03 Å². The predicted octanol–water partition coefficient (Wildman–Crippen LogP) is 2.18. The standard InChI is InChI=1S/C15H20N2O2S/c18-9-5-6-13-10-14(20-12-13)11-16-15(19)17-7-3-1-2-4-8-17/h10,12,18H,1-4,7-9,11H2,(H,16,19). The number of hydrogen-bond acceptors (Lipinski definition) is 3. The Morgan fingerprint density at radius 1 is 1.35 bits per heavy atom. The molecule has 1 aliphatic heterocycles. The van der Waals surface area contributed by atoms with Gasteiger partial charge in [0, 0.05) is 28.9 Å². The van der Waals surface area contributed by atoms with Gasteiger partial charge in [-0.1, -0.05) is 24.7 Å². The maximum Gasteiger partial charge on any atom is 0.317 e. The van der Waals surface area contributed by atoms with Crippen molar-refractivity contribution in [3.63, 3.8) is 0 Å². The first-order valence-corrected chi connectivity index (χ1v) is 7.87. The molecule has 20 heavy (non-hydrogen) atoms. The van der Waals surface area contributed by atoms with Gasteiger partial charge in [-0.2, -0.15) is 0 Å². The molecule has 2 heterocycles. The maximum absolute atomic E-state index is 12.1. The van der Waals surface area contributed by atoms with Crippen molar-refractivity contribution < 1.29 is 9.90 Å². The molecule has 0 unspecified atom stereocenters. The fourth-order valence-electron chi connectivity index (χ4n) is 2.23. The summed E-state index contributed by atoms with van der Waals surface area (Å²) in [4.78, 5) is 15.1. The Hall–Kier alpha value is -1.51. The summed E-state index contributed by atoms with van der Waals surface area (Å²) in [5.74, 6) is 5.48. The molecule has 0 aromatic carbocycles. The highest BCUT2D eigenvalue weighted by molar-refractivity contribution is 7.10. The van der Waals surface area contributed by atoms with E-state index in [1.807, 2.05) is 16.3 Å². The Morgan fingerprint density at radius 2 is 2.10 bits per heavy atom. The Balaban J connectivity index is 1.81. The van der Waals surface area contributed by atoms with Gasteiger partial charge in [0.1, 0.15) is 6.61 Å². The molecule has 0 spiro atoms. The Bertz CT molecular complexity index is 493. The van der Waals surface area contributed by atoms with Gasteiger partial charge in [-0.15, -0.1) is 11.3 Å². The molecule has 1 saturated heterocycles. The Morgan fingerprint density at radius 3 is 2.80 bits per heavy atom. The highest BCUT2D eigenvalue weighted by atomic mass is 32.1. The van der Waals surface area contributed by atoms with Crippen LogP contribution < -0.4 is 5.32 Å². The SMILES string of the molecule is O=C(NCc1cc(C#CCO)cs1)N1CCCCCC1. The van der Waals surface area contributed by atoms with Crippen molar-refractivity contribution in [2.24, 2.45) is 0 Å². The van der Waals surface area contributed by atoms with E-state index in [-0.39, 0.29) is 12.6 Å². The lowest BCUT2D eigenvalue weighted by Crippen LogP contribution is -2.39. The van der Waals surface area contributed by atoms with Crippen LogP contribution in [0.3, 0.4) is 0 Å². The van der Waals surface area contributed by atoms with Crippen LogP contribution in [0.5, 0.6) is 0 Å². The van der Waals surface area contributed by atoms with Crippen molar-refractivity contribution in [2.75, 3.05) is 19.7 Å². The minimum atomic E-state index is -0.128. The van der Waals surface area contributed by atoms with Crippen molar-refractivity contribution in [1.82, 2.24) is 10.2 Å². The van der Waals surface area contributed by atoms with Crippen LogP contribution in [0.25, 0.3) is 0 Å². The third-order valence-corrected chi connectivity index (χ3v) is 4.21. The maximum atomic E-state index is 12.1. The smallest absolute Gasteiger partial charge is 0.317 e. The van der Waals surface area contributed by atoms with Crippen LogP contribution in [0.2, 0.25) is 0 Å². The van der Waals surface area contributed by atoms with Crippen molar-refractivity contribution in [3.05, 3.63) is 21.9 Å². The second-order valence-electron chi connectivity index (χ2n) is 4.82. The van der Waals surface area contributed by atoms with Gasteiger partial charge in [-0.25, -0.2) is 4.79 Å². The fraction of sp³-hybridized carbons (Fsp3) is 0.533. The molecule has 0 bridgehead atoms. The minimum absolute atomic E-state index is 0.0308. The van der Waals surface area contributed by atoms with Crippen molar-refractivity contribution in [3.8, 4) is 11.8 Å². The molecular formula is C15H20N2O2S. The Kier molecular flexibility index (Phi) is 5.90. The van der Waals surface area contributed by atoms with Crippen molar-refractivity contribution in [2.45, 2.75) is 32.2 Å². The summed E-state index contributed by atoms with van der Waals surface area (Å²) in [6, 6.07) is 1.99. The van der Waals surface area contributed by atoms with Crippen molar-refractivity contribution in [1.29, 1.82) is 0 Å². The highest BCUT2D eigenvalue weighted by Crippen LogP contribution is 2.14. The number of amides is 2. The van der Waals surface area contributed by atoms with E-state index in [1.54, 1.807) is 11.3 Å². The summed E-state index contributed by atoms with van der Waals surface area (Å²) in [6.07, 6.45) is 4.66. The topological polar surface area (TPSA) is 52.6 Å². The van der Waals surface area contributed by atoms with E-state index in [2.05, 4.69) is 17.2 Å². The third-order valence-electron chi connectivity index (χ3n) is 3.27. The van der Waals surface area contributed by atoms with Crippen molar-refractivity contribution >= 4 is 17.4 Å². The first-order chi connectivity index (χ1) is 9.79. The molecule has 1 aromatic rings. The van der Waals surface area contributed by atoms with E-state index in [0.29, 0.717) is 6.54 Å². The van der Waals surface area contributed by atoms with E-state index < -0.39 is 0 Å². The molecule has 4 nitrogen and oxygen atoms in total. The molecule has 1 aromatic heterocycles. The van der Waals surface area contributed by atoms with Crippen LogP contribution >= 0.6 is 11.3 Å². The minimum Gasteiger partial charge on any atom is -0.384 e. The molecule has 1 aliphatic rings. The summed E-state index contributed by atoms with van der Waals surface area (Å²) in [5, 5.41) is 13.6.